The highest BCUT2D eigenvalue weighted by atomic mass is 16.2. The number of carbonyl (C=O) groups is 1. The number of rotatable bonds is 4. The van der Waals surface area contributed by atoms with E-state index in [1.807, 2.05) is 24.9 Å². The Morgan fingerprint density at radius 1 is 1.28 bits per heavy atom. The van der Waals surface area contributed by atoms with E-state index in [2.05, 4.69) is 24.8 Å². The number of imidazole rings is 1. The molecule has 0 aromatic carbocycles. The lowest BCUT2D eigenvalue weighted by Gasteiger charge is -2.26. The molecular formula is C18H24N6O. The van der Waals surface area contributed by atoms with Gasteiger partial charge in [-0.1, -0.05) is 0 Å². The monoisotopic (exact) mass is 340 g/mol. The molecule has 7 heteroatoms. The minimum absolute atomic E-state index is 0.0466. The lowest BCUT2D eigenvalue weighted by molar-refractivity contribution is 0.201. The van der Waals surface area contributed by atoms with Crippen LogP contribution in [-0.4, -0.2) is 43.0 Å². The normalized spacial score (nSPS) is 20.1. The van der Waals surface area contributed by atoms with Gasteiger partial charge in [0, 0.05) is 31.4 Å². The van der Waals surface area contributed by atoms with Crippen molar-refractivity contribution in [1.82, 2.24) is 24.4 Å². The van der Waals surface area contributed by atoms with Gasteiger partial charge in [0.05, 0.1) is 23.6 Å². The van der Waals surface area contributed by atoms with Gasteiger partial charge in [0.1, 0.15) is 11.6 Å². The first kappa shape index (κ1) is 16.1. The van der Waals surface area contributed by atoms with Crippen molar-refractivity contribution in [3.63, 3.8) is 0 Å². The molecule has 0 unspecified atom stereocenters. The smallest absolute Gasteiger partial charge is 0.322 e. The third-order valence-corrected chi connectivity index (χ3v) is 5.11. The molecule has 3 heterocycles. The van der Waals surface area contributed by atoms with E-state index in [9.17, 15) is 4.79 Å². The van der Waals surface area contributed by atoms with E-state index < -0.39 is 0 Å². The molecule has 1 aliphatic carbocycles. The van der Waals surface area contributed by atoms with Gasteiger partial charge in [-0.2, -0.15) is 0 Å². The summed E-state index contributed by atoms with van der Waals surface area (Å²) >= 11 is 0. The Morgan fingerprint density at radius 3 is 2.84 bits per heavy atom. The number of amides is 2. The average Bonchev–Trinajstić information content (AvgIpc) is 3.21. The maximum atomic E-state index is 12.9. The number of urea groups is 1. The Labute approximate surface area is 147 Å². The molecule has 0 bridgehead atoms. The van der Waals surface area contributed by atoms with E-state index >= 15 is 0 Å². The summed E-state index contributed by atoms with van der Waals surface area (Å²) in [4.78, 5) is 27.9. The molecule has 2 amide bonds. The SMILES string of the molecule is Cc1ncc(NC(=O)N2CCC[C@H]2Cn2ccnc2C)c(C2CC2)n1. The first-order chi connectivity index (χ1) is 12.1. The summed E-state index contributed by atoms with van der Waals surface area (Å²) in [7, 11) is 0. The molecule has 2 fully saturated rings. The fourth-order valence-electron chi connectivity index (χ4n) is 3.56. The van der Waals surface area contributed by atoms with Gasteiger partial charge in [-0.15, -0.1) is 0 Å². The third-order valence-electron chi connectivity index (χ3n) is 5.11. The number of hydrogen-bond donors (Lipinski definition) is 1. The molecule has 2 aromatic rings. The molecule has 132 valence electrons. The van der Waals surface area contributed by atoms with Crippen LogP contribution in [0.4, 0.5) is 10.5 Å². The van der Waals surface area contributed by atoms with Crippen LogP contribution in [0, 0.1) is 13.8 Å². The van der Waals surface area contributed by atoms with Gasteiger partial charge < -0.3 is 14.8 Å². The summed E-state index contributed by atoms with van der Waals surface area (Å²) in [5, 5.41) is 3.06. The molecule has 2 aromatic heterocycles. The molecule has 1 saturated heterocycles. The molecule has 0 spiro atoms. The summed E-state index contributed by atoms with van der Waals surface area (Å²) in [5.74, 6) is 2.21. The topological polar surface area (TPSA) is 75.9 Å². The number of nitrogens with zero attached hydrogens (tertiary/aromatic N) is 5. The van der Waals surface area contributed by atoms with Crippen LogP contribution >= 0.6 is 0 Å². The number of anilines is 1. The van der Waals surface area contributed by atoms with Crippen LogP contribution in [0.5, 0.6) is 0 Å². The van der Waals surface area contributed by atoms with Gasteiger partial charge in [0.2, 0.25) is 0 Å². The van der Waals surface area contributed by atoms with Gasteiger partial charge >= 0.3 is 6.03 Å². The third kappa shape index (κ3) is 3.36. The lowest BCUT2D eigenvalue weighted by Crippen LogP contribution is -2.41. The van der Waals surface area contributed by atoms with Crippen molar-refractivity contribution in [3.05, 3.63) is 35.9 Å². The van der Waals surface area contributed by atoms with Crippen molar-refractivity contribution >= 4 is 11.7 Å². The van der Waals surface area contributed by atoms with Crippen LogP contribution in [0.25, 0.3) is 0 Å². The summed E-state index contributed by atoms with van der Waals surface area (Å²) in [5.41, 5.74) is 1.75. The highest BCUT2D eigenvalue weighted by Gasteiger charge is 2.32. The van der Waals surface area contributed by atoms with Gasteiger partial charge in [0.15, 0.2) is 0 Å². The summed E-state index contributed by atoms with van der Waals surface area (Å²) < 4.78 is 2.11. The van der Waals surface area contributed by atoms with E-state index in [0.29, 0.717) is 5.92 Å². The Hall–Kier alpha value is -2.44. The molecule has 1 N–H and O–H groups in total. The zero-order valence-electron chi connectivity index (χ0n) is 14.8. The van der Waals surface area contributed by atoms with Gasteiger partial charge in [-0.25, -0.2) is 19.7 Å². The van der Waals surface area contributed by atoms with Crippen LogP contribution < -0.4 is 5.32 Å². The van der Waals surface area contributed by atoms with Gasteiger partial charge in [-0.3, -0.25) is 0 Å². The average molecular weight is 340 g/mol. The van der Waals surface area contributed by atoms with Crippen LogP contribution in [0.1, 0.15) is 48.9 Å². The summed E-state index contributed by atoms with van der Waals surface area (Å²) in [6.07, 6.45) is 9.87. The molecule has 25 heavy (non-hydrogen) atoms. The maximum Gasteiger partial charge on any atom is 0.322 e. The van der Waals surface area contributed by atoms with Crippen molar-refractivity contribution in [2.24, 2.45) is 0 Å². The van der Waals surface area contributed by atoms with Crippen molar-refractivity contribution in [1.29, 1.82) is 0 Å². The highest BCUT2D eigenvalue weighted by molar-refractivity contribution is 5.90. The molecule has 4 rings (SSSR count). The van der Waals surface area contributed by atoms with E-state index in [-0.39, 0.29) is 12.1 Å². The van der Waals surface area contributed by atoms with Crippen molar-refractivity contribution in [2.75, 3.05) is 11.9 Å². The number of carbonyl (C=O) groups excluding carboxylic acids is 1. The Morgan fingerprint density at radius 2 is 2.12 bits per heavy atom. The molecular weight excluding hydrogens is 316 g/mol. The number of aryl methyl sites for hydroxylation is 2. The number of likely N-dealkylation sites (tertiary alicyclic amines) is 1. The predicted molar refractivity (Wildman–Crippen MR) is 94.5 cm³/mol. The van der Waals surface area contributed by atoms with Crippen LogP contribution in [0.2, 0.25) is 0 Å². The van der Waals surface area contributed by atoms with E-state index in [1.54, 1.807) is 12.4 Å². The maximum absolute atomic E-state index is 12.9. The van der Waals surface area contributed by atoms with Crippen molar-refractivity contribution < 1.29 is 4.79 Å². The minimum Gasteiger partial charge on any atom is -0.333 e. The standard InChI is InChI=1S/C18H24N6O/c1-12-20-10-16(17(21-12)14-5-6-14)22-18(25)24-8-3-4-15(24)11-23-9-7-19-13(23)2/h7,9-10,14-15H,3-6,8,11H2,1-2H3,(H,22,25)/t15-/m0/s1. The largest absolute Gasteiger partial charge is 0.333 e. The molecule has 1 aliphatic heterocycles. The minimum atomic E-state index is -0.0466. The quantitative estimate of drug-likeness (QED) is 0.928. The number of nitrogens with one attached hydrogen (secondary N) is 1. The molecule has 1 atom stereocenters. The first-order valence-electron chi connectivity index (χ1n) is 9.00. The summed E-state index contributed by atoms with van der Waals surface area (Å²) in [6.45, 7) is 5.46. The van der Waals surface area contributed by atoms with Crippen LogP contribution in [0.15, 0.2) is 18.6 Å². The van der Waals surface area contributed by atoms with Crippen molar-refractivity contribution in [3.8, 4) is 0 Å². The second-order valence-electron chi connectivity index (χ2n) is 7.04. The second-order valence-corrected chi connectivity index (χ2v) is 7.04. The first-order valence-corrected chi connectivity index (χ1v) is 9.00. The Balaban J connectivity index is 1.48. The summed E-state index contributed by atoms with van der Waals surface area (Å²) in [6, 6.07) is 0.151. The Bertz CT molecular complexity index is 782. The van der Waals surface area contributed by atoms with Gasteiger partial charge in [-0.05, 0) is 39.5 Å². The fraction of sp³-hybridized carbons (Fsp3) is 0.556. The Kier molecular flexibility index (Phi) is 4.15. The molecule has 0 radical (unpaired) electrons. The highest BCUT2D eigenvalue weighted by Crippen LogP contribution is 2.42. The lowest BCUT2D eigenvalue weighted by atomic mass is 10.2. The van der Waals surface area contributed by atoms with Gasteiger partial charge in [0.25, 0.3) is 0 Å². The zero-order chi connectivity index (χ0) is 17.4. The predicted octanol–water partition coefficient (Wildman–Crippen LogP) is 2.86. The van der Waals surface area contributed by atoms with Crippen LogP contribution in [-0.2, 0) is 6.54 Å². The van der Waals surface area contributed by atoms with E-state index in [1.165, 1.54) is 0 Å². The van der Waals surface area contributed by atoms with E-state index in [0.717, 1.165) is 61.8 Å². The molecule has 7 nitrogen and oxygen atoms in total. The van der Waals surface area contributed by atoms with Crippen LogP contribution in [0.3, 0.4) is 0 Å². The fourth-order valence-corrected chi connectivity index (χ4v) is 3.56. The zero-order valence-corrected chi connectivity index (χ0v) is 14.8. The van der Waals surface area contributed by atoms with Crippen molar-refractivity contribution in [2.45, 2.75) is 58.0 Å². The number of hydrogen-bond acceptors (Lipinski definition) is 4. The number of aromatic nitrogens is 4. The molecule has 1 saturated carbocycles. The van der Waals surface area contributed by atoms with E-state index in [4.69, 9.17) is 0 Å². The second kappa shape index (κ2) is 6.46. The molecule has 2 aliphatic rings.